The Hall–Kier alpha value is -2.66. The third kappa shape index (κ3) is 5.93. The smallest absolute Gasteiger partial charge is 0.325 e. The van der Waals surface area contributed by atoms with Crippen molar-refractivity contribution in [3.8, 4) is 0 Å². The fourth-order valence-corrected chi connectivity index (χ4v) is 3.26. The van der Waals surface area contributed by atoms with E-state index >= 15 is 0 Å². The summed E-state index contributed by atoms with van der Waals surface area (Å²) in [5.41, 5.74) is 2.19. The summed E-state index contributed by atoms with van der Waals surface area (Å²) >= 11 is 0. The highest BCUT2D eigenvalue weighted by atomic mass is 16.5. The molecule has 1 heterocycles. The van der Waals surface area contributed by atoms with Crippen LogP contribution in [-0.2, 0) is 27.4 Å². The number of carbonyl (C=O) groups is 2. The second-order valence-electron chi connectivity index (χ2n) is 6.79. The summed E-state index contributed by atoms with van der Waals surface area (Å²) in [6.45, 7) is 1.60. The molecule has 1 N–H and O–H groups in total. The van der Waals surface area contributed by atoms with Gasteiger partial charge in [0.25, 0.3) is 0 Å². The van der Waals surface area contributed by atoms with Crippen molar-refractivity contribution in [1.29, 1.82) is 0 Å². The summed E-state index contributed by atoms with van der Waals surface area (Å²) in [7, 11) is 0. The van der Waals surface area contributed by atoms with Gasteiger partial charge in [0.15, 0.2) is 0 Å². The van der Waals surface area contributed by atoms with E-state index in [1.807, 2.05) is 48.5 Å². The fraction of sp³-hybridized carbons (Fsp3) is 0.364. The van der Waals surface area contributed by atoms with Crippen molar-refractivity contribution in [2.24, 2.45) is 0 Å². The normalized spacial score (nSPS) is 17.0. The van der Waals surface area contributed by atoms with Crippen LogP contribution < -0.4 is 5.32 Å². The molecule has 1 amide bonds. The third-order valence-corrected chi connectivity index (χ3v) is 4.74. The zero-order valence-electron chi connectivity index (χ0n) is 15.5. The first-order valence-electron chi connectivity index (χ1n) is 9.48. The van der Waals surface area contributed by atoms with E-state index in [9.17, 15) is 9.59 Å². The number of amides is 1. The summed E-state index contributed by atoms with van der Waals surface area (Å²) in [6.07, 6.45) is 2.58. The van der Waals surface area contributed by atoms with E-state index in [2.05, 4.69) is 17.4 Å². The van der Waals surface area contributed by atoms with Crippen molar-refractivity contribution in [1.82, 2.24) is 10.2 Å². The van der Waals surface area contributed by atoms with E-state index in [4.69, 9.17) is 4.74 Å². The molecule has 0 bridgehead atoms. The first-order valence-corrected chi connectivity index (χ1v) is 9.48. The van der Waals surface area contributed by atoms with Gasteiger partial charge in [-0.15, -0.1) is 0 Å². The monoisotopic (exact) mass is 366 g/mol. The number of carbonyl (C=O) groups excluding carboxylic acids is 2. The Morgan fingerprint density at radius 2 is 1.70 bits per heavy atom. The second-order valence-corrected chi connectivity index (χ2v) is 6.79. The number of rotatable bonds is 8. The maximum absolute atomic E-state index is 12.6. The minimum atomic E-state index is -0.364. The molecule has 1 aliphatic rings. The number of ether oxygens (including phenoxy) is 1. The van der Waals surface area contributed by atoms with Gasteiger partial charge in [0.1, 0.15) is 13.2 Å². The van der Waals surface area contributed by atoms with Crippen LogP contribution in [0.5, 0.6) is 0 Å². The number of benzene rings is 2. The topological polar surface area (TPSA) is 58.6 Å². The van der Waals surface area contributed by atoms with Crippen LogP contribution in [0, 0.1) is 0 Å². The molecule has 0 aliphatic carbocycles. The lowest BCUT2D eigenvalue weighted by Gasteiger charge is -2.32. The van der Waals surface area contributed by atoms with E-state index in [0.717, 1.165) is 31.4 Å². The van der Waals surface area contributed by atoms with Crippen molar-refractivity contribution < 1.29 is 14.3 Å². The molecule has 27 heavy (non-hydrogen) atoms. The molecule has 0 aromatic heterocycles. The molecular weight excluding hydrogens is 340 g/mol. The molecule has 1 fully saturated rings. The highest BCUT2D eigenvalue weighted by Crippen LogP contribution is 2.12. The summed E-state index contributed by atoms with van der Waals surface area (Å²) in [5, 5.41) is 3.34. The standard InChI is InChI=1S/C22H26N2O3/c25-21(27-17-19-10-5-2-6-11-19)16-24-15-7-12-20(22(24)26)23-14-13-18-8-3-1-4-9-18/h1-6,8-11,20,23H,7,12-17H2/t20-/m0/s1. The van der Waals surface area contributed by atoms with Crippen LogP contribution in [0.3, 0.4) is 0 Å². The molecule has 2 aromatic carbocycles. The average Bonchev–Trinajstić information content (AvgIpc) is 2.71. The van der Waals surface area contributed by atoms with E-state index in [-0.39, 0.29) is 31.1 Å². The van der Waals surface area contributed by atoms with Crippen molar-refractivity contribution in [2.75, 3.05) is 19.6 Å². The molecule has 2 aromatic rings. The van der Waals surface area contributed by atoms with Crippen LogP contribution >= 0.6 is 0 Å². The molecule has 0 spiro atoms. The highest BCUT2D eigenvalue weighted by Gasteiger charge is 2.29. The van der Waals surface area contributed by atoms with Crippen molar-refractivity contribution in [3.05, 3.63) is 71.8 Å². The zero-order chi connectivity index (χ0) is 18.9. The van der Waals surface area contributed by atoms with Gasteiger partial charge in [-0.2, -0.15) is 0 Å². The van der Waals surface area contributed by atoms with Crippen LogP contribution in [0.1, 0.15) is 24.0 Å². The summed E-state index contributed by atoms with van der Waals surface area (Å²) in [5.74, 6) is -0.372. The Balaban J connectivity index is 1.42. The molecule has 3 rings (SSSR count). The van der Waals surface area contributed by atoms with Crippen molar-refractivity contribution in [2.45, 2.75) is 31.9 Å². The van der Waals surface area contributed by atoms with Crippen LogP contribution in [-0.4, -0.2) is 42.5 Å². The number of likely N-dealkylation sites (tertiary alicyclic amines) is 1. The fourth-order valence-electron chi connectivity index (χ4n) is 3.26. The van der Waals surface area contributed by atoms with Crippen LogP contribution in [0.4, 0.5) is 0 Å². The first kappa shape index (κ1) is 19.1. The molecule has 0 unspecified atom stereocenters. The highest BCUT2D eigenvalue weighted by molar-refractivity contribution is 5.86. The number of piperidine rings is 1. The molecule has 5 nitrogen and oxygen atoms in total. The number of nitrogens with one attached hydrogen (secondary N) is 1. The number of esters is 1. The predicted molar refractivity (Wildman–Crippen MR) is 104 cm³/mol. The quantitative estimate of drug-likeness (QED) is 0.730. The minimum absolute atomic E-state index is 0.00836. The molecular formula is C22H26N2O3. The van der Waals surface area contributed by atoms with Crippen molar-refractivity contribution in [3.63, 3.8) is 0 Å². The van der Waals surface area contributed by atoms with Crippen LogP contribution in [0.25, 0.3) is 0 Å². The number of hydrogen-bond acceptors (Lipinski definition) is 4. The Kier molecular flexibility index (Phi) is 6.99. The van der Waals surface area contributed by atoms with Gasteiger partial charge < -0.3 is 15.0 Å². The van der Waals surface area contributed by atoms with Gasteiger partial charge in [0.2, 0.25) is 5.91 Å². The van der Waals surface area contributed by atoms with E-state index < -0.39 is 0 Å². The lowest BCUT2D eigenvalue weighted by molar-refractivity contribution is -0.152. The van der Waals surface area contributed by atoms with Gasteiger partial charge in [0, 0.05) is 6.54 Å². The van der Waals surface area contributed by atoms with Gasteiger partial charge in [-0.05, 0) is 36.9 Å². The predicted octanol–water partition coefficient (Wildman–Crippen LogP) is 2.55. The van der Waals surface area contributed by atoms with Crippen molar-refractivity contribution >= 4 is 11.9 Å². The average molecular weight is 366 g/mol. The van der Waals surface area contributed by atoms with Gasteiger partial charge in [0.05, 0.1) is 6.04 Å². The summed E-state index contributed by atoms with van der Waals surface area (Å²) in [4.78, 5) is 26.3. The molecule has 142 valence electrons. The summed E-state index contributed by atoms with van der Waals surface area (Å²) in [6, 6.07) is 19.5. The Bertz CT molecular complexity index is 734. The molecule has 1 aliphatic heterocycles. The SMILES string of the molecule is O=C(CN1CCC[C@H](NCCc2ccccc2)C1=O)OCc1ccccc1. The molecule has 5 heteroatoms. The largest absolute Gasteiger partial charge is 0.459 e. The zero-order valence-corrected chi connectivity index (χ0v) is 15.5. The van der Waals surface area contributed by atoms with E-state index in [1.54, 1.807) is 4.90 Å². The van der Waals surface area contributed by atoms with Gasteiger partial charge in [-0.1, -0.05) is 60.7 Å². The third-order valence-electron chi connectivity index (χ3n) is 4.74. The molecule has 0 saturated carbocycles. The molecule has 0 radical (unpaired) electrons. The van der Waals surface area contributed by atoms with E-state index in [1.165, 1.54) is 5.56 Å². The van der Waals surface area contributed by atoms with Crippen LogP contribution in [0.2, 0.25) is 0 Å². The van der Waals surface area contributed by atoms with Crippen LogP contribution in [0.15, 0.2) is 60.7 Å². The number of hydrogen-bond donors (Lipinski definition) is 1. The minimum Gasteiger partial charge on any atom is -0.459 e. The Morgan fingerprint density at radius 3 is 2.41 bits per heavy atom. The van der Waals surface area contributed by atoms with Gasteiger partial charge in [-0.25, -0.2) is 0 Å². The molecule has 1 saturated heterocycles. The first-order chi connectivity index (χ1) is 13.2. The maximum atomic E-state index is 12.6. The lowest BCUT2D eigenvalue weighted by atomic mass is 10.0. The Labute approximate surface area is 160 Å². The van der Waals surface area contributed by atoms with Gasteiger partial charge >= 0.3 is 5.97 Å². The Morgan fingerprint density at radius 1 is 1.04 bits per heavy atom. The number of nitrogens with zero attached hydrogens (tertiary/aromatic N) is 1. The maximum Gasteiger partial charge on any atom is 0.325 e. The lowest BCUT2D eigenvalue weighted by Crippen LogP contribution is -2.52. The van der Waals surface area contributed by atoms with E-state index in [0.29, 0.717) is 6.54 Å². The summed E-state index contributed by atoms with van der Waals surface area (Å²) < 4.78 is 5.30. The van der Waals surface area contributed by atoms with Gasteiger partial charge in [-0.3, -0.25) is 9.59 Å². The second kappa shape index (κ2) is 9.88. The molecule has 1 atom stereocenters.